The lowest BCUT2D eigenvalue weighted by Crippen LogP contribution is -2.20. The Morgan fingerprint density at radius 2 is 2.38 bits per heavy atom. The average Bonchev–Trinajstić information content (AvgIpc) is 3.02. The lowest BCUT2D eigenvalue weighted by Gasteiger charge is -2.15. The van der Waals surface area contributed by atoms with Crippen LogP contribution in [0.15, 0.2) is 11.1 Å². The smallest absolute Gasteiger partial charge is 0.266 e. The third kappa shape index (κ3) is 2.56. The van der Waals surface area contributed by atoms with Crippen molar-refractivity contribution in [1.29, 1.82) is 0 Å². The summed E-state index contributed by atoms with van der Waals surface area (Å²) >= 11 is 2.03. The number of anilines is 1. The van der Waals surface area contributed by atoms with Gasteiger partial charge in [-0.1, -0.05) is 13.3 Å². The third-order valence-electron chi connectivity index (χ3n) is 3.16. The topological polar surface area (TPSA) is 57.8 Å². The number of aromatic nitrogens is 2. The van der Waals surface area contributed by atoms with Crippen molar-refractivity contribution < 1.29 is 0 Å². The Hall–Kier alpha value is -0.590. The molecule has 0 saturated heterocycles. The van der Waals surface area contributed by atoms with Crippen molar-refractivity contribution in [2.75, 3.05) is 11.9 Å². The van der Waals surface area contributed by atoms with Gasteiger partial charge in [0.25, 0.3) is 5.56 Å². The summed E-state index contributed by atoms with van der Waals surface area (Å²) in [6.45, 7) is 3.16. The van der Waals surface area contributed by atoms with Crippen molar-refractivity contribution in [1.82, 2.24) is 9.97 Å². The average molecular weight is 333 g/mol. The lowest BCUT2D eigenvalue weighted by atomic mass is 10.0. The van der Waals surface area contributed by atoms with E-state index < -0.39 is 0 Å². The molecule has 0 aromatic carbocycles. The Labute approximate surface area is 108 Å². The summed E-state index contributed by atoms with van der Waals surface area (Å²) in [5.41, 5.74) is 0.403. The molecular weight excluding hydrogens is 317 g/mol. The second-order valence-corrected chi connectivity index (χ2v) is 5.58. The number of rotatable bonds is 5. The fraction of sp³-hybridized carbons (Fsp3) is 0.636. The van der Waals surface area contributed by atoms with Crippen LogP contribution in [-0.2, 0) is 0 Å². The highest BCUT2D eigenvalue weighted by atomic mass is 127. The summed E-state index contributed by atoms with van der Waals surface area (Å²) in [5, 5.41) is 3.30. The zero-order chi connectivity index (χ0) is 11.6. The summed E-state index contributed by atoms with van der Waals surface area (Å²) in [7, 11) is 0. The highest BCUT2D eigenvalue weighted by Crippen LogP contribution is 2.49. The van der Waals surface area contributed by atoms with Gasteiger partial charge in [-0.2, -0.15) is 0 Å². The molecule has 16 heavy (non-hydrogen) atoms. The van der Waals surface area contributed by atoms with Crippen LogP contribution in [-0.4, -0.2) is 16.5 Å². The first-order chi connectivity index (χ1) is 7.67. The summed E-state index contributed by atoms with van der Waals surface area (Å²) in [6.07, 6.45) is 6.54. The fourth-order valence-electron chi connectivity index (χ4n) is 2.00. The first-order valence-electron chi connectivity index (χ1n) is 5.64. The minimum Gasteiger partial charge on any atom is -0.368 e. The van der Waals surface area contributed by atoms with E-state index >= 15 is 0 Å². The summed E-state index contributed by atoms with van der Waals surface area (Å²) in [5.74, 6) is 0.715. The van der Waals surface area contributed by atoms with E-state index in [1.807, 2.05) is 22.6 Å². The molecule has 0 bridgehead atoms. The molecule has 1 aliphatic carbocycles. The Balaban J connectivity index is 2.00. The second kappa shape index (κ2) is 4.73. The highest BCUT2D eigenvalue weighted by Gasteiger charge is 2.41. The van der Waals surface area contributed by atoms with Gasteiger partial charge in [-0.3, -0.25) is 4.79 Å². The zero-order valence-corrected chi connectivity index (χ0v) is 11.5. The highest BCUT2D eigenvalue weighted by molar-refractivity contribution is 14.1. The SMILES string of the molecule is CCCC1(CNc2nc[nH]c(=O)c2I)CC1. The molecule has 5 heteroatoms. The fourth-order valence-corrected chi connectivity index (χ4v) is 2.49. The van der Waals surface area contributed by atoms with Crippen LogP contribution in [0.4, 0.5) is 5.82 Å². The van der Waals surface area contributed by atoms with Gasteiger partial charge in [0.05, 0.1) is 6.33 Å². The van der Waals surface area contributed by atoms with Gasteiger partial charge >= 0.3 is 0 Å². The normalized spacial score (nSPS) is 17.1. The molecular formula is C11H16IN3O. The molecule has 0 unspecified atom stereocenters. The van der Waals surface area contributed by atoms with E-state index in [2.05, 4.69) is 22.2 Å². The molecule has 88 valence electrons. The largest absolute Gasteiger partial charge is 0.368 e. The Morgan fingerprint density at radius 1 is 1.62 bits per heavy atom. The molecule has 1 aliphatic rings. The predicted molar refractivity (Wildman–Crippen MR) is 72.6 cm³/mol. The number of halogens is 1. The molecule has 0 radical (unpaired) electrons. The molecule has 0 spiro atoms. The van der Waals surface area contributed by atoms with Crippen LogP contribution in [0.5, 0.6) is 0 Å². The van der Waals surface area contributed by atoms with Gasteiger partial charge in [0.2, 0.25) is 0 Å². The minimum absolute atomic E-state index is 0.0709. The van der Waals surface area contributed by atoms with Gasteiger partial charge in [0.15, 0.2) is 0 Å². The van der Waals surface area contributed by atoms with Crippen LogP contribution in [0.1, 0.15) is 32.6 Å². The van der Waals surface area contributed by atoms with Crippen LogP contribution in [0, 0.1) is 8.99 Å². The molecule has 0 aliphatic heterocycles. The van der Waals surface area contributed by atoms with Crippen LogP contribution < -0.4 is 10.9 Å². The van der Waals surface area contributed by atoms with Crippen molar-refractivity contribution in [2.24, 2.45) is 5.41 Å². The lowest BCUT2D eigenvalue weighted by molar-refractivity contribution is 0.485. The molecule has 1 aromatic rings. The number of nitrogens with zero attached hydrogens (tertiary/aromatic N) is 1. The molecule has 0 atom stereocenters. The molecule has 4 nitrogen and oxygen atoms in total. The zero-order valence-electron chi connectivity index (χ0n) is 9.35. The quantitative estimate of drug-likeness (QED) is 0.814. The van der Waals surface area contributed by atoms with Gasteiger partial charge in [-0.05, 0) is 47.3 Å². The van der Waals surface area contributed by atoms with Gasteiger partial charge in [0.1, 0.15) is 9.39 Å². The van der Waals surface area contributed by atoms with Crippen LogP contribution in [0.3, 0.4) is 0 Å². The molecule has 1 fully saturated rings. The summed E-state index contributed by atoms with van der Waals surface area (Å²) in [4.78, 5) is 18.1. The number of hydrogen-bond donors (Lipinski definition) is 2. The maximum Gasteiger partial charge on any atom is 0.266 e. The number of nitrogens with one attached hydrogen (secondary N) is 2. The van der Waals surface area contributed by atoms with E-state index in [1.54, 1.807) is 0 Å². The van der Waals surface area contributed by atoms with Crippen LogP contribution in [0.25, 0.3) is 0 Å². The monoisotopic (exact) mass is 333 g/mol. The van der Waals surface area contributed by atoms with Gasteiger partial charge in [-0.25, -0.2) is 4.98 Å². The van der Waals surface area contributed by atoms with E-state index in [0.717, 1.165) is 6.54 Å². The van der Waals surface area contributed by atoms with Crippen molar-refractivity contribution in [3.63, 3.8) is 0 Å². The first-order valence-corrected chi connectivity index (χ1v) is 6.72. The van der Waals surface area contributed by atoms with Gasteiger partial charge in [0, 0.05) is 6.54 Å². The van der Waals surface area contributed by atoms with E-state index in [1.165, 1.54) is 32.0 Å². The first kappa shape index (κ1) is 11.9. The standard InChI is InChI=1S/C11H16IN3O/c1-2-3-11(4-5-11)6-13-9-8(12)10(16)15-7-14-9/h7H,2-6H2,1H3,(H2,13,14,15,16). The van der Waals surface area contributed by atoms with E-state index in [9.17, 15) is 4.79 Å². The Bertz CT molecular complexity index is 425. The Kier molecular flexibility index (Phi) is 3.51. The van der Waals surface area contributed by atoms with Gasteiger partial charge in [-0.15, -0.1) is 0 Å². The molecule has 2 N–H and O–H groups in total. The van der Waals surface area contributed by atoms with Crippen molar-refractivity contribution in [3.8, 4) is 0 Å². The van der Waals surface area contributed by atoms with E-state index in [-0.39, 0.29) is 5.56 Å². The van der Waals surface area contributed by atoms with Crippen molar-refractivity contribution >= 4 is 28.4 Å². The maximum atomic E-state index is 11.4. The molecule has 1 aromatic heterocycles. The molecule has 2 rings (SSSR count). The molecule has 0 amide bonds. The molecule has 1 heterocycles. The van der Waals surface area contributed by atoms with Crippen molar-refractivity contribution in [2.45, 2.75) is 32.6 Å². The van der Waals surface area contributed by atoms with Crippen molar-refractivity contribution in [3.05, 3.63) is 20.3 Å². The van der Waals surface area contributed by atoms with Crippen LogP contribution in [0.2, 0.25) is 0 Å². The number of aromatic amines is 1. The van der Waals surface area contributed by atoms with E-state index in [0.29, 0.717) is 14.8 Å². The number of hydrogen-bond acceptors (Lipinski definition) is 3. The van der Waals surface area contributed by atoms with Crippen LogP contribution >= 0.6 is 22.6 Å². The predicted octanol–water partition coefficient (Wildman–Crippen LogP) is 2.37. The third-order valence-corrected chi connectivity index (χ3v) is 4.17. The van der Waals surface area contributed by atoms with E-state index in [4.69, 9.17) is 0 Å². The Morgan fingerprint density at radius 3 is 3.00 bits per heavy atom. The maximum absolute atomic E-state index is 11.4. The number of H-pyrrole nitrogens is 1. The summed E-state index contributed by atoms with van der Waals surface area (Å²) < 4.78 is 0.646. The minimum atomic E-state index is -0.0709. The molecule has 1 saturated carbocycles. The van der Waals surface area contributed by atoms with Gasteiger partial charge < -0.3 is 10.3 Å². The summed E-state index contributed by atoms with van der Waals surface area (Å²) in [6, 6.07) is 0. The second-order valence-electron chi connectivity index (χ2n) is 4.50.